The van der Waals surface area contributed by atoms with E-state index in [1.54, 1.807) is 17.9 Å². The molecule has 1 heterocycles. The molecule has 0 aliphatic carbocycles. The smallest absolute Gasteiger partial charge is 0.254 e. The van der Waals surface area contributed by atoms with E-state index in [2.05, 4.69) is 24.1 Å². The van der Waals surface area contributed by atoms with Crippen LogP contribution < -0.4 is 10.1 Å². The number of hydrogen-bond donors (Lipinski definition) is 1. The topological polar surface area (TPSA) is 79.0 Å². The van der Waals surface area contributed by atoms with Crippen LogP contribution in [0.3, 0.4) is 0 Å². The molecular formula is C32H38FN3O4S. The predicted octanol–water partition coefficient (Wildman–Crippen LogP) is 4.90. The van der Waals surface area contributed by atoms with Gasteiger partial charge in [0.25, 0.3) is 11.8 Å². The largest absolute Gasteiger partial charge is 0.491 e. The van der Waals surface area contributed by atoms with Crippen LogP contribution in [0.4, 0.5) is 4.39 Å². The normalized spacial score (nSPS) is 13.8. The molecule has 0 fully saturated rings. The Hall–Kier alpha value is -3.56. The molecule has 0 saturated carbocycles. The van der Waals surface area contributed by atoms with Gasteiger partial charge in [-0.1, -0.05) is 39.0 Å². The van der Waals surface area contributed by atoms with Crippen molar-refractivity contribution in [2.75, 3.05) is 45.6 Å². The quantitative estimate of drug-likeness (QED) is 0.370. The van der Waals surface area contributed by atoms with E-state index in [0.717, 1.165) is 36.3 Å². The lowest BCUT2D eigenvalue weighted by Crippen LogP contribution is -2.34. The van der Waals surface area contributed by atoms with Gasteiger partial charge in [-0.3, -0.25) is 13.8 Å². The summed E-state index contributed by atoms with van der Waals surface area (Å²) in [7, 11) is -1.48. The maximum Gasteiger partial charge on any atom is 0.254 e. The number of likely N-dealkylation sites (N-methyl/N-ethyl adjacent to an activating group) is 1. The predicted molar refractivity (Wildman–Crippen MR) is 160 cm³/mol. The van der Waals surface area contributed by atoms with E-state index in [-0.39, 0.29) is 27.8 Å². The average molecular weight is 580 g/mol. The summed E-state index contributed by atoms with van der Waals surface area (Å²) in [5.41, 5.74) is 3.87. The van der Waals surface area contributed by atoms with Gasteiger partial charge in [-0.2, -0.15) is 0 Å². The molecule has 218 valence electrons. The van der Waals surface area contributed by atoms with Crippen LogP contribution in [0.2, 0.25) is 0 Å². The van der Waals surface area contributed by atoms with E-state index >= 15 is 4.39 Å². The van der Waals surface area contributed by atoms with Gasteiger partial charge in [-0.25, -0.2) is 4.39 Å². The molecule has 0 bridgehead atoms. The standard InChI is InChI=1S/C32H38FN3O4S/c1-5-26-27(13-15-29(30(26)33)41(4)39)32(38)36-18-19-40-28-14-12-24(20-25(28)21-36)22-8-10-23(11-9-22)31(37)34-16-17-35(6-2)7-3/h8-15,20H,5-7,16-19,21H2,1-4H3,(H,34,37). The van der Waals surface area contributed by atoms with Crippen molar-refractivity contribution < 1.29 is 22.9 Å². The van der Waals surface area contributed by atoms with Crippen LogP contribution in [0.15, 0.2) is 59.5 Å². The van der Waals surface area contributed by atoms with Crippen molar-refractivity contribution in [2.45, 2.75) is 38.6 Å². The second kappa shape index (κ2) is 13.9. The molecule has 1 unspecified atom stereocenters. The van der Waals surface area contributed by atoms with Gasteiger partial charge in [-0.15, -0.1) is 0 Å². The maximum absolute atomic E-state index is 15.1. The Morgan fingerprint density at radius 2 is 1.73 bits per heavy atom. The number of rotatable bonds is 10. The van der Waals surface area contributed by atoms with Crippen molar-refractivity contribution in [3.05, 3.63) is 82.7 Å². The molecule has 2 amide bonds. The van der Waals surface area contributed by atoms with Gasteiger partial charge in [0, 0.05) is 48.1 Å². The zero-order chi connectivity index (χ0) is 29.5. The minimum absolute atomic E-state index is 0.103. The van der Waals surface area contributed by atoms with Gasteiger partial charge in [0.15, 0.2) is 0 Å². The first-order valence-corrected chi connectivity index (χ1v) is 15.6. The molecule has 1 atom stereocenters. The molecule has 0 spiro atoms. The van der Waals surface area contributed by atoms with E-state index in [1.807, 2.05) is 42.5 Å². The number of nitrogens with zero attached hydrogens (tertiary/aromatic N) is 2. The minimum Gasteiger partial charge on any atom is -0.491 e. The maximum atomic E-state index is 15.1. The molecule has 0 aromatic heterocycles. The Labute approximate surface area is 244 Å². The van der Waals surface area contributed by atoms with E-state index in [1.165, 1.54) is 12.3 Å². The molecule has 3 aromatic rings. The fourth-order valence-corrected chi connectivity index (χ4v) is 5.70. The molecule has 1 aliphatic rings. The summed E-state index contributed by atoms with van der Waals surface area (Å²) in [6, 6.07) is 16.3. The van der Waals surface area contributed by atoms with Crippen molar-refractivity contribution in [2.24, 2.45) is 0 Å². The second-order valence-corrected chi connectivity index (χ2v) is 11.3. The van der Waals surface area contributed by atoms with Crippen LogP contribution in [0.1, 0.15) is 52.6 Å². The van der Waals surface area contributed by atoms with Crippen molar-refractivity contribution in [3.8, 4) is 16.9 Å². The summed E-state index contributed by atoms with van der Waals surface area (Å²) < 4.78 is 32.9. The molecule has 41 heavy (non-hydrogen) atoms. The molecule has 1 N–H and O–H groups in total. The number of fused-ring (bicyclic) bond motifs is 1. The fraction of sp³-hybridized carbons (Fsp3) is 0.375. The Balaban J connectivity index is 1.50. The van der Waals surface area contributed by atoms with Crippen LogP contribution >= 0.6 is 0 Å². The Kier molecular flexibility index (Phi) is 10.3. The number of carbonyl (C=O) groups is 2. The zero-order valence-electron chi connectivity index (χ0n) is 24.2. The summed E-state index contributed by atoms with van der Waals surface area (Å²) in [5.74, 6) is -0.262. The molecule has 0 saturated heterocycles. The third kappa shape index (κ3) is 7.02. The van der Waals surface area contributed by atoms with Gasteiger partial charge in [0.1, 0.15) is 18.2 Å². The zero-order valence-corrected chi connectivity index (χ0v) is 25.0. The number of ether oxygens (including phenoxy) is 1. The molecule has 4 rings (SSSR count). The first-order chi connectivity index (χ1) is 19.8. The highest BCUT2D eigenvalue weighted by atomic mass is 32.2. The lowest BCUT2D eigenvalue weighted by Gasteiger charge is -2.22. The summed E-state index contributed by atoms with van der Waals surface area (Å²) in [5, 5.41) is 2.98. The minimum atomic E-state index is -1.48. The number of hydrogen-bond acceptors (Lipinski definition) is 5. The SMILES string of the molecule is CCc1c(C(=O)N2CCOc3ccc(-c4ccc(C(=O)NCCN(CC)CC)cc4)cc3C2)ccc(S(C)=O)c1F. The Morgan fingerprint density at radius 1 is 1.02 bits per heavy atom. The molecule has 1 aliphatic heterocycles. The summed E-state index contributed by atoms with van der Waals surface area (Å²) in [4.78, 5) is 30.2. The van der Waals surface area contributed by atoms with Crippen molar-refractivity contribution in [3.63, 3.8) is 0 Å². The highest BCUT2D eigenvalue weighted by molar-refractivity contribution is 7.84. The van der Waals surface area contributed by atoms with Crippen LogP contribution in [0, 0.1) is 5.82 Å². The third-order valence-corrected chi connectivity index (χ3v) is 8.45. The van der Waals surface area contributed by atoms with Gasteiger partial charge in [-0.05, 0) is 67.0 Å². The molecule has 7 nitrogen and oxygen atoms in total. The molecular weight excluding hydrogens is 541 g/mol. The molecule has 0 radical (unpaired) electrons. The number of amides is 2. The monoisotopic (exact) mass is 579 g/mol. The van der Waals surface area contributed by atoms with Gasteiger partial charge in [0.05, 0.1) is 22.2 Å². The van der Waals surface area contributed by atoms with Gasteiger partial charge >= 0.3 is 0 Å². The van der Waals surface area contributed by atoms with Crippen molar-refractivity contribution >= 4 is 22.6 Å². The van der Waals surface area contributed by atoms with E-state index in [0.29, 0.717) is 44.0 Å². The van der Waals surface area contributed by atoms with E-state index in [4.69, 9.17) is 4.74 Å². The first kappa shape index (κ1) is 30.4. The number of halogens is 1. The summed E-state index contributed by atoms with van der Waals surface area (Å²) >= 11 is 0. The summed E-state index contributed by atoms with van der Waals surface area (Å²) in [6.45, 7) is 10.3. The molecule has 3 aromatic carbocycles. The van der Waals surface area contributed by atoms with Crippen molar-refractivity contribution in [1.29, 1.82) is 0 Å². The van der Waals surface area contributed by atoms with Crippen LogP contribution in [0.25, 0.3) is 11.1 Å². The van der Waals surface area contributed by atoms with Crippen LogP contribution in [-0.4, -0.2) is 71.4 Å². The Morgan fingerprint density at radius 3 is 2.39 bits per heavy atom. The average Bonchev–Trinajstić information content (AvgIpc) is 3.20. The number of carbonyl (C=O) groups excluding carboxylic acids is 2. The second-order valence-electron chi connectivity index (χ2n) is 9.97. The lowest BCUT2D eigenvalue weighted by atomic mass is 10.00. The van der Waals surface area contributed by atoms with E-state index in [9.17, 15) is 13.8 Å². The van der Waals surface area contributed by atoms with Crippen LogP contribution in [-0.2, 0) is 23.8 Å². The highest BCUT2D eigenvalue weighted by Gasteiger charge is 2.25. The fourth-order valence-electron chi connectivity index (χ4n) is 5.07. The lowest BCUT2D eigenvalue weighted by molar-refractivity contribution is 0.0731. The highest BCUT2D eigenvalue weighted by Crippen LogP contribution is 2.31. The Bertz CT molecular complexity index is 1420. The molecule has 9 heteroatoms. The first-order valence-electron chi connectivity index (χ1n) is 14.1. The summed E-state index contributed by atoms with van der Waals surface area (Å²) in [6.07, 6.45) is 1.74. The third-order valence-electron chi connectivity index (χ3n) is 7.52. The van der Waals surface area contributed by atoms with Gasteiger partial charge < -0.3 is 19.9 Å². The van der Waals surface area contributed by atoms with Crippen LogP contribution in [0.5, 0.6) is 5.75 Å². The van der Waals surface area contributed by atoms with E-state index < -0.39 is 16.6 Å². The van der Waals surface area contributed by atoms with Crippen molar-refractivity contribution in [1.82, 2.24) is 15.1 Å². The number of nitrogens with one attached hydrogen (secondary N) is 1. The van der Waals surface area contributed by atoms with Gasteiger partial charge in [0.2, 0.25) is 0 Å². The number of benzene rings is 3.